The number of hydrogen-bond acceptors (Lipinski definition) is 4. The summed E-state index contributed by atoms with van der Waals surface area (Å²) >= 11 is 3.49. The average molecular weight is 525 g/mol. The predicted octanol–water partition coefficient (Wildman–Crippen LogP) is 6.56. The number of nitrogens with zero attached hydrogens (tertiary/aromatic N) is 2. The maximum absolute atomic E-state index is 14.0. The fourth-order valence-electron chi connectivity index (χ4n) is 5.49. The lowest BCUT2D eigenvalue weighted by Gasteiger charge is -2.46. The molecule has 0 N–H and O–H groups in total. The minimum Gasteiger partial charge on any atom is -0.465 e. The van der Waals surface area contributed by atoms with Crippen LogP contribution in [0.15, 0.2) is 58.0 Å². The van der Waals surface area contributed by atoms with Crippen LogP contribution in [-0.2, 0) is 9.53 Å². The number of ether oxygens (including phenoxy) is 1. The number of methoxy groups -OCH3 is 1. The van der Waals surface area contributed by atoms with Crippen LogP contribution in [-0.4, -0.2) is 35.3 Å². The zero-order chi connectivity index (χ0) is 24.5. The molecule has 0 saturated heterocycles. The molecule has 0 radical (unpaired) electrons. The number of benzene rings is 2. The minimum atomic E-state index is -0.521. The van der Waals surface area contributed by atoms with Crippen LogP contribution in [0, 0.1) is 11.8 Å². The molecule has 0 unspecified atom stereocenters. The average Bonchev–Trinajstić information content (AvgIpc) is 3.12. The highest BCUT2D eigenvalue weighted by Crippen LogP contribution is 2.47. The molecule has 6 heteroatoms. The van der Waals surface area contributed by atoms with Crippen molar-refractivity contribution in [2.45, 2.75) is 64.6 Å². The van der Waals surface area contributed by atoms with Crippen LogP contribution in [0.25, 0.3) is 0 Å². The Labute approximate surface area is 210 Å². The van der Waals surface area contributed by atoms with E-state index in [2.05, 4.69) is 36.7 Å². The van der Waals surface area contributed by atoms with Gasteiger partial charge >= 0.3 is 5.97 Å². The SMILES string of the molecule is CC[C@H](c1ccc(C(=O)OC)cc1)N1C(=O)C(c2ccc(Br)cc2)=NC12CCC(C(C)C)CC2. The molecule has 34 heavy (non-hydrogen) atoms. The van der Waals surface area contributed by atoms with E-state index in [1.807, 2.05) is 41.3 Å². The first kappa shape index (κ1) is 24.6. The van der Waals surface area contributed by atoms with Crippen molar-refractivity contribution < 1.29 is 14.3 Å². The number of carbonyl (C=O) groups excluding carboxylic acids is 2. The van der Waals surface area contributed by atoms with Crippen molar-refractivity contribution in [3.63, 3.8) is 0 Å². The Balaban J connectivity index is 1.73. The standard InChI is InChI=1S/C28H33BrN2O3/c1-5-24(20-6-8-22(9-7-20)27(33)34-4)31-26(32)25(21-10-12-23(29)13-11-21)30-28(31)16-14-19(15-17-28)18(2)3/h6-13,18-19,24H,5,14-17H2,1-4H3/t19?,24-,28?/m1/s1. The number of amides is 1. The number of esters is 1. The Bertz CT molecular complexity index is 1070. The largest absolute Gasteiger partial charge is 0.465 e. The van der Waals surface area contributed by atoms with Crippen LogP contribution in [0.1, 0.15) is 80.4 Å². The lowest BCUT2D eigenvalue weighted by atomic mass is 9.76. The maximum Gasteiger partial charge on any atom is 0.337 e. The molecule has 1 atom stereocenters. The van der Waals surface area contributed by atoms with E-state index in [-0.39, 0.29) is 17.9 Å². The molecule has 1 spiro atoms. The normalized spacial score (nSPS) is 23.4. The first-order valence-electron chi connectivity index (χ1n) is 12.2. The van der Waals surface area contributed by atoms with E-state index < -0.39 is 5.66 Å². The minimum absolute atomic E-state index is 0.00536. The second kappa shape index (κ2) is 10.0. The van der Waals surface area contributed by atoms with Gasteiger partial charge in [0.15, 0.2) is 0 Å². The summed E-state index contributed by atoms with van der Waals surface area (Å²) in [7, 11) is 1.38. The van der Waals surface area contributed by atoms with Gasteiger partial charge in [-0.15, -0.1) is 0 Å². The maximum atomic E-state index is 14.0. The van der Waals surface area contributed by atoms with Crippen LogP contribution < -0.4 is 0 Å². The molecule has 1 saturated carbocycles. The topological polar surface area (TPSA) is 59.0 Å². The molecular weight excluding hydrogens is 492 g/mol. The van der Waals surface area contributed by atoms with Crippen molar-refractivity contribution in [3.05, 3.63) is 69.7 Å². The van der Waals surface area contributed by atoms with Crippen LogP contribution in [0.5, 0.6) is 0 Å². The van der Waals surface area contributed by atoms with E-state index in [9.17, 15) is 9.59 Å². The van der Waals surface area contributed by atoms with Gasteiger partial charge in [0.25, 0.3) is 5.91 Å². The summed E-state index contributed by atoms with van der Waals surface area (Å²) in [5.74, 6) is 0.926. The van der Waals surface area contributed by atoms with Gasteiger partial charge in [0, 0.05) is 10.0 Å². The van der Waals surface area contributed by atoms with Crippen LogP contribution in [0.3, 0.4) is 0 Å². The Morgan fingerprint density at radius 1 is 1.12 bits per heavy atom. The number of halogens is 1. The zero-order valence-corrected chi connectivity index (χ0v) is 22.0. The van der Waals surface area contributed by atoms with Gasteiger partial charge in [0.1, 0.15) is 11.4 Å². The lowest BCUT2D eigenvalue weighted by Crippen LogP contribution is -2.51. The molecular formula is C28H33BrN2O3. The van der Waals surface area contributed by atoms with Crippen LogP contribution in [0.2, 0.25) is 0 Å². The van der Waals surface area contributed by atoms with E-state index in [1.54, 1.807) is 12.1 Å². The second-order valence-corrected chi connectivity index (χ2v) is 10.7. The van der Waals surface area contributed by atoms with Gasteiger partial charge in [-0.1, -0.05) is 61.0 Å². The summed E-state index contributed by atoms with van der Waals surface area (Å²) in [5.41, 5.74) is 2.41. The molecule has 1 fully saturated rings. The highest BCUT2D eigenvalue weighted by atomic mass is 79.9. The van der Waals surface area contributed by atoms with E-state index in [0.717, 1.165) is 47.7 Å². The van der Waals surface area contributed by atoms with Gasteiger partial charge in [-0.05, 0) is 73.8 Å². The molecule has 5 nitrogen and oxygen atoms in total. The summed E-state index contributed by atoms with van der Waals surface area (Å²) in [6.07, 6.45) is 4.64. The summed E-state index contributed by atoms with van der Waals surface area (Å²) in [6, 6.07) is 15.2. The second-order valence-electron chi connectivity index (χ2n) is 9.74. The number of aliphatic imine (C=N–C) groups is 1. The Morgan fingerprint density at radius 2 is 1.74 bits per heavy atom. The Morgan fingerprint density at radius 3 is 2.26 bits per heavy atom. The van der Waals surface area contributed by atoms with Gasteiger partial charge in [-0.3, -0.25) is 9.79 Å². The van der Waals surface area contributed by atoms with Crippen molar-refractivity contribution in [3.8, 4) is 0 Å². The molecule has 2 aromatic rings. The number of hydrogen-bond donors (Lipinski definition) is 0. The molecule has 2 aliphatic rings. The third-order valence-electron chi connectivity index (χ3n) is 7.50. The summed E-state index contributed by atoms with van der Waals surface area (Å²) in [5, 5.41) is 0. The summed E-state index contributed by atoms with van der Waals surface area (Å²) in [4.78, 5) is 33.1. The molecule has 180 valence electrons. The molecule has 1 amide bonds. The third kappa shape index (κ3) is 4.57. The van der Waals surface area contributed by atoms with Crippen molar-refractivity contribution in [1.29, 1.82) is 0 Å². The number of rotatable bonds is 6. The van der Waals surface area contributed by atoms with E-state index in [0.29, 0.717) is 23.1 Å². The summed E-state index contributed by atoms with van der Waals surface area (Å²) < 4.78 is 5.82. The fourth-order valence-corrected chi connectivity index (χ4v) is 5.75. The zero-order valence-electron chi connectivity index (χ0n) is 20.4. The molecule has 1 aliphatic carbocycles. The Kier molecular flexibility index (Phi) is 7.27. The highest BCUT2D eigenvalue weighted by Gasteiger charge is 2.51. The molecule has 4 rings (SSSR count). The molecule has 1 aliphatic heterocycles. The predicted molar refractivity (Wildman–Crippen MR) is 138 cm³/mol. The molecule has 1 heterocycles. The van der Waals surface area contributed by atoms with Crippen LogP contribution >= 0.6 is 15.9 Å². The van der Waals surface area contributed by atoms with Gasteiger partial charge in [-0.25, -0.2) is 4.79 Å². The van der Waals surface area contributed by atoms with Crippen molar-refractivity contribution in [2.24, 2.45) is 16.8 Å². The van der Waals surface area contributed by atoms with Crippen LogP contribution in [0.4, 0.5) is 0 Å². The molecule has 0 bridgehead atoms. The molecule has 0 aromatic heterocycles. The van der Waals surface area contributed by atoms with Gasteiger partial charge in [-0.2, -0.15) is 0 Å². The smallest absolute Gasteiger partial charge is 0.337 e. The third-order valence-corrected chi connectivity index (χ3v) is 8.02. The first-order chi connectivity index (χ1) is 16.3. The van der Waals surface area contributed by atoms with E-state index in [1.165, 1.54) is 7.11 Å². The van der Waals surface area contributed by atoms with Gasteiger partial charge in [0.2, 0.25) is 0 Å². The summed E-state index contributed by atoms with van der Waals surface area (Å²) in [6.45, 7) is 6.68. The quantitative estimate of drug-likeness (QED) is 0.402. The highest BCUT2D eigenvalue weighted by molar-refractivity contribution is 9.10. The van der Waals surface area contributed by atoms with Crippen molar-refractivity contribution >= 4 is 33.5 Å². The Hall–Kier alpha value is -2.47. The first-order valence-corrected chi connectivity index (χ1v) is 13.0. The van der Waals surface area contributed by atoms with Gasteiger partial charge < -0.3 is 9.64 Å². The lowest BCUT2D eigenvalue weighted by molar-refractivity contribution is -0.133. The van der Waals surface area contributed by atoms with E-state index >= 15 is 0 Å². The number of carbonyl (C=O) groups is 2. The molecule has 2 aromatic carbocycles. The van der Waals surface area contributed by atoms with Crippen molar-refractivity contribution in [1.82, 2.24) is 4.90 Å². The van der Waals surface area contributed by atoms with Crippen molar-refractivity contribution in [2.75, 3.05) is 7.11 Å². The van der Waals surface area contributed by atoms with E-state index in [4.69, 9.17) is 9.73 Å². The monoisotopic (exact) mass is 524 g/mol. The van der Waals surface area contributed by atoms with Gasteiger partial charge in [0.05, 0.1) is 18.7 Å². The fraction of sp³-hybridized carbons (Fsp3) is 0.464.